The molecule has 1 aromatic carbocycles. The van der Waals surface area contributed by atoms with Crippen molar-refractivity contribution in [2.24, 2.45) is 17.3 Å². The minimum absolute atomic E-state index is 0.125. The number of rotatable bonds is 7. The fourth-order valence-electron chi connectivity index (χ4n) is 7.34. The van der Waals surface area contributed by atoms with Crippen molar-refractivity contribution in [2.45, 2.75) is 70.8 Å². The number of nitrogen functional groups attached to an aromatic ring is 1. The molecule has 2 saturated carbocycles. The van der Waals surface area contributed by atoms with Crippen LogP contribution in [-0.2, 0) is 17.8 Å². The molecule has 10 heteroatoms. The van der Waals surface area contributed by atoms with E-state index in [0.29, 0.717) is 72.3 Å². The van der Waals surface area contributed by atoms with Gasteiger partial charge in [-0.05, 0) is 74.3 Å². The van der Waals surface area contributed by atoms with Crippen LogP contribution in [0.15, 0.2) is 24.8 Å². The highest BCUT2D eigenvalue weighted by atomic mass is 16.6. The molecule has 2 aromatic heterocycles. The van der Waals surface area contributed by atoms with Gasteiger partial charge >= 0.3 is 5.69 Å². The second-order valence-corrected chi connectivity index (χ2v) is 11.0. The van der Waals surface area contributed by atoms with Crippen molar-refractivity contribution in [2.75, 3.05) is 12.3 Å². The molecular formula is C27H32N6O4. The highest BCUT2D eigenvalue weighted by Gasteiger charge is 2.55. The van der Waals surface area contributed by atoms with Crippen molar-refractivity contribution in [1.82, 2.24) is 19.5 Å². The second kappa shape index (κ2) is 9.08. The Kier molecular flexibility index (Phi) is 5.84. The molecule has 2 N–H and O–H groups in total. The standard InChI is InChI=1S/C27H32N6O4/c1-27-11-10-17-16-6-8-21(24(33(35)36)19(16)5-4-18(17)20(27)7-9-22(27)34)37-13-3-2-12-32-15-31-23-25(28)29-14-30-26(23)32/h6,8,14-15,17-18,20H,2-5,7,9-13H2,1H3,(H2,28,29,30)/t17-,18-,20+,27+/m1/s1. The zero-order valence-electron chi connectivity index (χ0n) is 21.1. The summed E-state index contributed by atoms with van der Waals surface area (Å²) in [6.07, 6.45) is 9.69. The number of nitro groups is 1. The van der Waals surface area contributed by atoms with E-state index in [4.69, 9.17) is 10.5 Å². The molecule has 10 nitrogen and oxygen atoms in total. The van der Waals surface area contributed by atoms with E-state index in [0.717, 1.165) is 49.7 Å². The molecule has 3 aliphatic carbocycles. The van der Waals surface area contributed by atoms with E-state index in [9.17, 15) is 14.9 Å². The van der Waals surface area contributed by atoms with Gasteiger partial charge in [-0.15, -0.1) is 0 Å². The van der Waals surface area contributed by atoms with Crippen LogP contribution in [0.5, 0.6) is 5.75 Å². The van der Waals surface area contributed by atoms with Gasteiger partial charge in [0, 0.05) is 23.9 Å². The first kappa shape index (κ1) is 23.8. The number of Topliss-reactive ketones (excluding diaryl/α,β-unsaturated/α-hetero) is 1. The summed E-state index contributed by atoms with van der Waals surface area (Å²) in [5.74, 6) is 2.25. The molecule has 0 unspecified atom stereocenters. The van der Waals surface area contributed by atoms with E-state index in [1.54, 1.807) is 12.4 Å². The Hall–Kier alpha value is -3.56. The quantitative estimate of drug-likeness (QED) is 0.280. The maximum absolute atomic E-state index is 12.6. The molecule has 0 bridgehead atoms. The van der Waals surface area contributed by atoms with Crippen LogP contribution < -0.4 is 10.5 Å². The topological polar surface area (TPSA) is 139 Å². The minimum atomic E-state index is -0.276. The fraction of sp³-hybridized carbons (Fsp3) is 0.556. The normalized spacial score (nSPS) is 26.5. The minimum Gasteiger partial charge on any atom is -0.487 e. The molecule has 6 rings (SSSR count). The molecule has 194 valence electrons. The molecule has 2 heterocycles. The first-order chi connectivity index (χ1) is 17.9. The van der Waals surface area contributed by atoms with E-state index in [-0.39, 0.29) is 16.0 Å². The van der Waals surface area contributed by atoms with Crippen LogP contribution in [0.2, 0.25) is 0 Å². The van der Waals surface area contributed by atoms with E-state index in [1.165, 1.54) is 6.33 Å². The zero-order chi connectivity index (χ0) is 25.7. The van der Waals surface area contributed by atoms with Gasteiger partial charge in [0.05, 0.1) is 17.9 Å². The van der Waals surface area contributed by atoms with Gasteiger partial charge in [0.1, 0.15) is 17.6 Å². The number of carbonyl (C=O) groups is 1. The Morgan fingerprint density at radius 2 is 2.05 bits per heavy atom. The number of aromatic nitrogens is 4. The number of ketones is 1. The summed E-state index contributed by atoms with van der Waals surface area (Å²) in [6, 6.07) is 3.84. The summed E-state index contributed by atoms with van der Waals surface area (Å²) in [5, 5.41) is 12.2. The molecule has 0 saturated heterocycles. The molecule has 4 atom stereocenters. The van der Waals surface area contributed by atoms with Gasteiger partial charge in [0.2, 0.25) is 0 Å². The molecule has 0 aliphatic heterocycles. The van der Waals surface area contributed by atoms with Crippen molar-refractivity contribution in [3.63, 3.8) is 0 Å². The predicted molar refractivity (Wildman–Crippen MR) is 137 cm³/mol. The number of fused-ring (bicyclic) bond motifs is 6. The maximum Gasteiger partial charge on any atom is 0.314 e. The Morgan fingerprint density at radius 3 is 2.89 bits per heavy atom. The number of nitro benzene ring substituents is 1. The van der Waals surface area contributed by atoms with Crippen LogP contribution in [0.25, 0.3) is 11.2 Å². The summed E-state index contributed by atoms with van der Waals surface area (Å²) < 4.78 is 7.90. The first-order valence-corrected chi connectivity index (χ1v) is 13.3. The van der Waals surface area contributed by atoms with Crippen molar-refractivity contribution in [3.05, 3.63) is 46.0 Å². The molecule has 0 amide bonds. The van der Waals surface area contributed by atoms with Gasteiger partial charge in [-0.2, -0.15) is 0 Å². The van der Waals surface area contributed by atoms with Crippen LogP contribution in [0.1, 0.15) is 68.9 Å². The lowest BCUT2D eigenvalue weighted by Crippen LogP contribution is -2.42. The average Bonchev–Trinajstić information content (AvgIpc) is 3.44. The Morgan fingerprint density at radius 1 is 1.19 bits per heavy atom. The Balaban J connectivity index is 1.14. The number of nitrogens with zero attached hydrogens (tertiary/aromatic N) is 5. The lowest BCUT2D eigenvalue weighted by Gasteiger charge is -2.48. The van der Waals surface area contributed by atoms with Gasteiger partial charge in [0.15, 0.2) is 17.2 Å². The number of ether oxygens (including phenoxy) is 1. The van der Waals surface area contributed by atoms with Gasteiger partial charge in [-0.25, -0.2) is 15.0 Å². The lowest BCUT2D eigenvalue weighted by atomic mass is 9.55. The Bertz CT molecular complexity index is 1390. The molecule has 37 heavy (non-hydrogen) atoms. The molecular weight excluding hydrogens is 472 g/mol. The van der Waals surface area contributed by atoms with Crippen LogP contribution in [0.3, 0.4) is 0 Å². The number of hydrogen-bond donors (Lipinski definition) is 1. The SMILES string of the molecule is C[C@]12CC[C@@H]3c4ccc(OCCCCn5cnc6c(N)ncnc65)c([N+](=O)[O-])c4CC[C@H]3[C@@H]1CCC2=O. The summed E-state index contributed by atoms with van der Waals surface area (Å²) >= 11 is 0. The third kappa shape index (κ3) is 3.84. The fourth-order valence-corrected chi connectivity index (χ4v) is 7.34. The smallest absolute Gasteiger partial charge is 0.314 e. The van der Waals surface area contributed by atoms with Crippen LogP contribution in [0, 0.1) is 27.4 Å². The number of aryl methyl sites for hydroxylation is 1. The average molecular weight is 505 g/mol. The number of anilines is 1. The molecule has 2 fully saturated rings. The number of carbonyl (C=O) groups excluding carboxylic acids is 1. The van der Waals surface area contributed by atoms with Gasteiger partial charge < -0.3 is 15.0 Å². The number of nitrogens with two attached hydrogens (primary N) is 1. The Labute approximate surface area is 214 Å². The van der Waals surface area contributed by atoms with Gasteiger partial charge in [0.25, 0.3) is 0 Å². The third-order valence-corrected chi connectivity index (χ3v) is 9.22. The molecule has 3 aliphatic rings. The van der Waals surface area contributed by atoms with Gasteiger partial charge in [-0.3, -0.25) is 14.9 Å². The summed E-state index contributed by atoms with van der Waals surface area (Å²) in [5.41, 5.74) is 9.00. The predicted octanol–water partition coefficient (Wildman–Crippen LogP) is 4.60. The van der Waals surface area contributed by atoms with Crippen molar-refractivity contribution in [1.29, 1.82) is 0 Å². The van der Waals surface area contributed by atoms with E-state index in [2.05, 4.69) is 27.9 Å². The summed E-state index contributed by atoms with van der Waals surface area (Å²) in [4.78, 5) is 37.0. The van der Waals surface area contributed by atoms with E-state index in [1.807, 2.05) is 4.57 Å². The van der Waals surface area contributed by atoms with Crippen LogP contribution in [-0.4, -0.2) is 36.8 Å². The zero-order valence-corrected chi connectivity index (χ0v) is 21.1. The van der Waals surface area contributed by atoms with Crippen LogP contribution in [0.4, 0.5) is 11.5 Å². The highest BCUT2D eigenvalue weighted by molar-refractivity contribution is 5.87. The number of hydrogen-bond acceptors (Lipinski definition) is 8. The third-order valence-electron chi connectivity index (χ3n) is 9.22. The largest absolute Gasteiger partial charge is 0.487 e. The number of imidazole rings is 1. The van der Waals surface area contributed by atoms with Crippen molar-refractivity contribution in [3.8, 4) is 5.75 Å². The monoisotopic (exact) mass is 504 g/mol. The summed E-state index contributed by atoms with van der Waals surface area (Å²) in [7, 11) is 0. The molecule has 3 aromatic rings. The second-order valence-electron chi connectivity index (χ2n) is 11.0. The highest BCUT2D eigenvalue weighted by Crippen LogP contribution is 2.60. The van der Waals surface area contributed by atoms with Gasteiger partial charge in [-0.1, -0.05) is 13.0 Å². The molecule has 0 spiro atoms. The van der Waals surface area contributed by atoms with Crippen LogP contribution >= 0.6 is 0 Å². The van der Waals surface area contributed by atoms with E-state index >= 15 is 0 Å². The maximum atomic E-state index is 12.6. The molecule has 0 radical (unpaired) electrons. The number of unbranched alkanes of at least 4 members (excludes halogenated alkanes) is 1. The van der Waals surface area contributed by atoms with E-state index < -0.39 is 0 Å². The number of benzene rings is 1. The van der Waals surface area contributed by atoms with Crippen molar-refractivity contribution >= 4 is 28.5 Å². The lowest BCUT2D eigenvalue weighted by molar-refractivity contribution is -0.386. The summed E-state index contributed by atoms with van der Waals surface area (Å²) in [6.45, 7) is 3.23. The van der Waals surface area contributed by atoms with Crippen molar-refractivity contribution < 1.29 is 14.5 Å². The first-order valence-electron chi connectivity index (χ1n) is 13.3.